The van der Waals surface area contributed by atoms with Crippen LogP contribution in [0, 0.1) is 0 Å². The van der Waals surface area contributed by atoms with Crippen LogP contribution in [-0.4, -0.2) is 31.6 Å². The van der Waals surface area contributed by atoms with Crippen molar-refractivity contribution < 1.29 is 0 Å². The van der Waals surface area contributed by atoms with Crippen molar-refractivity contribution in [2.45, 2.75) is 39.3 Å². The average molecular weight is 257 g/mol. The molecule has 1 N–H and O–H groups in total. The van der Waals surface area contributed by atoms with Gasteiger partial charge in [0, 0.05) is 61.7 Å². The number of aromatic nitrogens is 4. The number of aromatic amines is 1. The van der Waals surface area contributed by atoms with Crippen molar-refractivity contribution in [3.63, 3.8) is 0 Å². The molecule has 5 nitrogen and oxygen atoms in total. The van der Waals surface area contributed by atoms with Crippen molar-refractivity contribution in [1.82, 2.24) is 25.1 Å². The quantitative estimate of drug-likeness (QED) is 0.906. The second-order valence-electron chi connectivity index (χ2n) is 5.08. The molecule has 19 heavy (non-hydrogen) atoms. The molecule has 3 rings (SSSR count). The van der Waals surface area contributed by atoms with Gasteiger partial charge in [-0.2, -0.15) is 5.10 Å². The SMILES string of the molecule is CCCc1ncc2c(n1)CCN(Cc1cn[nH]c1)C2. The fourth-order valence-electron chi connectivity index (χ4n) is 2.52. The van der Waals surface area contributed by atoms with E-state index in [0.717, 1.165) is 44.7 Å². The zero-order valence-electron chi connectivity index (χ0n) is 11.3. The Hall–Kier alpha value is -1.75. The highest BCUT2D eigenvalue weighted by atomic mass is 15.1. The molecule has 0 unspecified atom stereocenters. The Labute approximate surface area is 113 Å². The Morgan fingerprint density at radius 3 is 3.11 bits per heavy atom. The van der Waals surface area contributed by atoms with Gasteiger partial charge in [-0.05, 0) is 6.42 Å². The lowest BCUT2D eigenvalue weighted by Crippen LogP contribution is -2.31. The molecule has 1 aliphatic rings. The molecule has 0 aliphatic carbocycles. The highest BCUT2D eigenvalue weighted by Crippen LogP contribution is 2.18. The Morgan fingerprint density at radius 2 is 2.32 bits per heavy atom. The van der Waals surface area contributed by atoms with Gasteiger partial charge < -0.3 is 0 Å². The minimum Gasteiger partial charge on any atom is -0.294 e. The maximum absolute atomic E-state index is 4.68. The predicted molar refractivity (Wildman–Crippen MR) is 72.4 cm³/mol. The van der Waals surface area contributed by atoms with Crippen LogP contribution in [0.1, 0.15) is 36.0 Å². The molecule has 100 valence electrons. The molecule has 0 radical (unpaired) electrons. The second-order valence-corrected chi connectivity index (χ2v) is 5.08. The van der Waals surface area contributed by atoms with Crippen LogP contribution >= 0.6 is 0 Å². The number of H-pyrrole nitrogens is 1. The first-order valence-corrected chi connectivity index (χ1v) is 6.89. The summed E-state index contributed by atoms with van der Waals surface area (Å²) >= 11 is 0. The third-order valence-electron chi connectivity index (χ3n) is 3.50. The van der Waals surface area contributed by atoms with E-state index in [2.05, 4.69) is 32.0 Å². The van der Waals surface area contributed by atoms with Gasteiger partial charge in [0.05, 0.1) is 6.20 Å². The smallest absolute Gasteiger partial charge is 0.128 e. The number of rotatable bonds is 4. The van der Waals surface area contributed by atoms with E-state index in [1.165, 1.54) is 16.8 Å². The van der Waals surface area contributed by atoms with E-state index in [9.17, 15) is 0 Å². The average Bonchev–Trinajstić information content (AvgIpc) is 2.92. The number of fused-ring (bicyclic) bond motifs is 1. The summed E-state index contributed by atoms with van der Waals surface area (Å²) in [7, 11) is 0. The molecule has 2 aromatic heterocycles. The largest absolute Gasteiger partial charge is 0.294 e. The number of nitrogens with zero attached hydrogens (tertiary/aromatic N) is 4. The van der Waals surface area contributed by atoms with Crippen LogP contribution < -0.4 is 0 Å². The first-order chi connectivity index (χ1) is 9.35. The summed E-state index contributed by atoms with van der Waals surface area (Å²) in [5, 5.41) is 6.85. The number of hydrogen-bond acceptors (Lipinski definition) is 4. The summed E-state index contributed by atoms with van der Waals surface area (Å²) in [5.74, 6) is 0.990. The Morgan fingerprint density at radius 1 is 1.37 bits per heavy atom. The van der Waals surface area contributed by atoms with Gasteiger partial charge in [0.1, 0.15) is 5.82 Å². The van der Waals surface area contributed by atoms with Crippen molar-refractivity contribution in [3.05, 3.63) is 41.2 Å². The third-order valence-corrected chi connectivity index (χ3v) is 3.50. The van der Waals surface area contributed by atoms with Crippen LogP contribution in [0.25, 0.3) is 0 Å². The van der Waals surface area contributed by atoms with Gasteiger partial charge in [0.25, 0.3) is 0 Å². The van der Waals surface area contributed by atoms with Crippen LogP contribution in [0.4, 0.5) is 0 Å². The molecule has 0 bridgehead atoms. The number of hydrogen-bond donors (Lipinski definition) is 1. The third kappa shape index (κ3) is 2.81. The van der Waals surface area contributed by atoms with Crippen molar-refractivity contribution in [3.8, 4) is 0 Å². The fourth-order valence-corrected chi connectivity index (χ4v) is 2.52. The Bertz CT molecular complexity index is 535. The highest BCUT2D eigenvalue weighted by Gasteiger charge is 2.18. The predicted octanol–water partition coefficient (Wildman–Crippen LogP) is 1.71. The summed E-state index contributed by atoms with van der Waals surface area (Å²) in [5.41, 5.74) is 3.74. The molecule has 0 amide bonds. The topological polar surface area (TPSA) is 57.7 Å². The van der Waals surface area contributed by atoms with E-state index in [0.29, 0.717) is 0 Å². The van der Waals surface area contributed by atoms with Crippen LogP contribution in [0.2, 0.25) is 0 Å². The normalized spacial score (nSPS) is 15.4. The minimum atomic E-state index is 0.937. The van der Waals surface area contributed by atoms with Crippen LogP contribution in [0.5, 0.6) is 0 Å². The zero-order chi connectivity index (χ0) is 13.1. The molecule has 0 spiro atoms. The van der Waals surface area contributed by atoms with Crippen molar-refractivity contribution in [2.24, 2.45) is 0 Å². The van der Waals surface area contributed by atoms with E-state index in [1.807, 2.05) is 18.6 Å². The van der Waals surface area contributed by atoms with Gasteiger partial charge in [-0.15, -0.1) is 0 Å². The highest BCUT2D eigenvalue weighted by molar-refractivity contribution is 5.21. The lowest BCUT2D eigenvalue weighted by molar-refractivity contribution is 0.242. The summed E-state index contributed by atoms with van der Waals surface area (Å²) in [6.45, 7) is 5.09. The van der Waals surface area contributed by atoms with E-state index in [4.69, 9.17) is 0 Å². The molecule has 0 atom stereocenters. The van der Waals surface area contributed by atoms with Crippen LogP contribution in [0.3, 0.4) is 0 Å². The first-order valence-electron chi connectivity index (χ1n) is 6.89. The number of nitrogens with one attached hydrogen (secondary N) is 1. The lowest BCUT2D eigenvalue weighted by atomic mass is 10.1. The molecule has 0 aromatic carbocycles. The molecule has 2 aromatic rings. The monoisotopic (exact) mass is 257 g/mol. The van der Waals surface area contributed by atoms with Gasteiger partial charge in [0.15, 0.2) is 0 Å². The lowest BCUT2D eigenvalue weighted by Gasteiger charge is -2.27. The number of aryl methyl sites for hydroxylation is 1. The fraction of sp³-hybridized carbons (Fsp3) is 0.500. The van der Waals surface area contributed by atoms with E-state index >= 15 is 0 Å². The minimum absolute atomic E-state index is 0.937. The van der Waals surface area contributed by atoms with Gasteiger partial charge in [-0.3, -0.25) is 10.00 Å². The molecular weight excluding hydrogens is 238 g/mol. The molecule has 5 heteroatoms. The molecule has 1 aliphatic heterocycles. The Kier molecular flexibility index (Phi) is 3.55. The maximum Gasteiger partial charge on any atom is 0.128 e. The van der Waals surface area contributed by atoms with Gasteiger partial charge in [-0.1, -0.05) is 6.92 Å². The van der Waals surface area contributed by atoms with Crippen LogP contribution in [0.15, 0.2) is 18.6 Å². The summed E-state index contributed by atoms with van der Waals surface area (Å²) < 4.78 is 0. The van der Waals surface area contributed by atoms with E-state index < -0.39 is 0 Å². The molecule has 0 saturated carbocycles. The second kappa shape index (κ2) is 5.48. The molecular formula is C14H19N5. The van der Waals surface area contributed by atoms with Crippen molar-refractivity contribution >= 4 is 0 Å². The zero-order valence-corrected chi connectivity index (χ0v) is 11.3. The van der Waals surface area contributed by atoms with E-state index in [-0.39, 0.29) is 0 Å². The standard InChI is InChI=1S/C14H19N5/c1-2-3-14-15-8-12-10-19(5-4-13(12)18-14)9-11-6-16-17-7-11/h6-8H,2-5,9-10H2,1H3,(H,16,17). The summed E-state index contributed by atoms with van der Waals surface area (Å²) in [6, 6.07) is 0. The van der Waals surface area contributed by atoms with Gasteiger partial charge in [0.2, 0.25) is 0 Å². The van der Waals surface area contributed by atoms with Crippen molar-refractivity contribution in [2.75, 3.05) is 6.54 Å². The first kappa shape index (κ1) is 12.3. The maximum atomic E-state index is 4.68. The molecule has 3 heterocycles. The summed E-state index contributed by atoms with van der Waals surface area (Å²) in [4.78, 5) is 11.5. The Balaban J connectivity index is 1.70. The van der Waals surface area contributed by atoms with Crippen molar-refractivity contribution in [1.29, 1.82) is 0 Å². The van der Waals surface area contributed by atoms with Crippen LogP contribution in [-0.2, 0) is 25.9 Å². The van der Waals surface area contributed by atoms with Gasteiger partial charge >= 0.3 is 0 Å². The van der Waals surface area contributed by atoms with E-state index in [1.54, 1.807) is 0 Å². The molecule has 0 fully saturated rings. The molecule has 0 saturated heterocycles. The van der Waals surface area contributed by atoms with Gasteiger partial charge in [-0.25, -0.2) is 9.97 Å². The summed E-state index contributed by atoms with van der Waals surface area (Å²) in [6.07, 6.45) is 8.95.